The molecule has 2 rings (SSSR count). The number of nitrogens with one attached hydrogen (secondary N) is 2. The van der Waals surface area contributed by atoms with Gasteiger partial charge in [-0.1, -0.05) is 0 Å². The third-order valence-electron chi connectivity index (χ3n) is 4.41. The Balaban J connectivity index is 1.79. The average Bonchev–Trinajstić information content (AvgIpc) is 2.59. The molecule has 5 N–H and O–H groups in total. The van der Waals surface area contributed by atoms with Crippen molar-refractivity contribution in [3.05, 3.63) is 29.8 Å². The molecule has 1 aliphatic carbocycles. The van der Waals surface area contributed by atoms with Crippen LogP contribution in [0.4, 0.5) is 5.69 Å². The van der Waals surface area contributed by atoms with Gasteiger partial charge in [0.2, 0.25) is 5.91 Å². The van der Waals surface area contributed by atoms with Gasteiger partial charge in [0.05, 0.1) is 0 Å². The summed E-state index contributed by atoms with van der Waals surface area (Å²) in [5.41, 5.74) is 6.98. The highest BCUT2D eigenvalue weighted by Gasteiger charge is 2.24. The molecule has 0 bridgehead atoms. The van der Waals surface area contributed by atoms with Crippen LogP contribution in [0.25, 0.3) is 0 Å². The molecular weight excluding hydrogens is 322 g/mol. The van der Waals surface area contributed by atoms with Crippen LogP contribution in [-0.2, 0) is 9.59 Å². The van der Waals surface area contributed by atoms with Crippen molar-refractivity contribution in [3.8, 4) is 0 Å². The van der Waals surface area contributed by atoms with E-state index in [1.54, 1.807) is 24.3 Å². The summed E-state index contributed by atoms with van der Waals surface area (Å²) in [6.07, 6.45) is 3.78. The highest BCUT2D eigenvalue weighted by Crippen LogP contribution is 2.24. The Morgan fingerprint density at radius 1 is 1.08 bits per heavy atom. The van der Waals surface area contributed by atoms with Gasteiger partial charge in [-0.3, -0.25) is 14.4 Å². The fourth-order valence-electron chi connectivity index (χ4n) is 2.87. The van der Waals surface area contributed by atoms with E-state index in [1.165, 1.54) is 0 Å². The Bertz CT molecular complexity index is 607. The first-order valence-electron chi connectivity index (χ1n) is 8.62. The minimum absolute atomic E-state index is 0.00206. The summed E-state index contributed by atoms with van der Waals surface area (Å²) in [5.74, 6) is -1.14. The molecule has 1 aliphatic rings. The second-order valence-electron chi connectivity index (χ2n) is 6.43. The Kier molecular flexibility index (Phi) is 6.94. The standard InChI is InChI=1S/C18H25N3O4/c19-14-7-3-13(4-8-14)18(25)21-15-9-5-12(6-10-15)17(24)20-11-1-2-16(22)23/h5-6,9-10,13-14H,1-4,7-8,11,19H2,(H,20,24)(H,21,25)(H,22,23). The van der Waals surface area contributed by atoms with E-state index < -0.39 is 5.97 Å². The second-order valence-corrected chi connectivity index (χ2v) is 6.43. The van der Waals surface area contributed by atoms with E-state index in [9.17, 15) is 14.4 Å². The van der Waals surface area contributed by atoms with Gasteiger partial charge in [-0.15, -0.1) is 0 Å². The van der Waals surface area contributed by atoms with Crippen LogP contribution in [0.15, 0.2) is 24.3 Å². The van der Waals surface area contributed by atoms with Crippen LogP contribution in [0.2, 0.25) is 0 Å². The quantitative estimate of drug-likeness (QED) is 0.560. The normalized spacial score (nSPS) is 19.9. The lowest BCUT2D eigenvalue weighted by molar-refractivity contribution is -0.137. The van der Waals surface area contributed by atoms with Crippen LogP contribution in [0.5, 0.6) is 0 Å². The summed E-state index contributed by atoms with van der Waals surface area (Å²) >= 11 is 0. The summed E-state index contributed by atoms with van der Waals surface area (Å²) in [6.45, 7) is 0.313. The zero-order valence-corrected chi connectivity index (χ0v) is 14.2. The van der Waals surface area contributed by atoms with Crippen molar-refractivity contribution in [2.45, 2.75) is 44.6 Å². The largest absolute Gasteiger partial charge is 0.481 e. The third-order valence-corrected chi connectivity index (χ3v) is 4.41. The lowest BCUT2D eigenvalue weighted by Gasteiger charge is -2.25. The number of amides is 2. The molecule has 7 nitrogen and oxygen atoms in total. The van der Waals surface area contributed by atoms with Gasteiger partial charge < -0.3 is 21.5 Å². The molecule has 0 aromatic heterocycles. The summed E-state index contributed by atoms with van der Waals surface area (Å²) < 4.78 is 0. The van der Waals surface area contributed by atoms with Gasteiger partial charge in [0.15, 0.2) is 0 Å². The molecule has 1 aromatic carbocycles. The number of carbonyl (C=O) groups excluding carboxylic acids is 2. The van der Waals surface area contributed by atoms with Gasteiger partial charge >= 0.3 is 5.97 Å². The SMILES string of the molecule is NC1CCC(C(=O)Nc2ccc(C(=O)NCCCC(=O)O)cc2)CC1. The molecule has 1 saturated carbocycles. The number of hydrogen-bond donors (Lipinski definition) is 4. The maximum absolute atomic E-state index is 12.2. The minimum atomic E-state index is -0.880. The van der Waals surface area contributed by atoms with Crippen molar-refractivity contribution < 1.29 is 19.5 Å². The van der Waals surface area contributed by atoms with Gasteiger partial charge in [-0.2, -0.15) is 0 Å². The van der Waals surface area contributed by atoms with Crippen molar-refractivity contribution in [1.82, 2.24) is 5.32 Å². The van der Waals surface area contributed by atoms with Gasteiger partial charge in [-0.05, 0) is 56.4 Å². The van der Waals surface area contributed by atoms with Crippen molar-refractivity contribution in [3.63, 3.8) is 0 Å². The number of carboxylic acid groups (broad SMARTS) is 1. The van der Waals surface area contributed by atoms with E-state index in [0.29, 0.717) is 24.2 Å². The Hall–Kier alpha value is -2.41. The molecule has 0 spiro atoms. The number of rotatable bonds is 7. The summed E-state index contributed by atoms with van der Waals surface area (Å²) in [5, 5.41) is 14.1. The van der Waals surface area contributed by atoms with Crippen LogP contribution >= 0.6 is 0 Å². The Morgan fingerprint density at radius 3 is 2.32 bits per heavy atom. The fraction of sp³-hybridized carbons (Fsp3) is 0.500. The molecule has 2 amide bonds. The first-order chi connectivity index (χ1) is 12.0. The number of hydrogen-bond acceptors (Lipinski definition) is 4. The monoisotopic (exact) mass is 347 g/mol. The van der Waals surface area contributed by atoms with Gasteiger partial charge in [-0.25, -0.2) is 0 Å². The molecule has 136 valence electrons. The van der Waals surface area contributed by atoms with Crippen LogP contribution in [0, 0.1) is 5.92 Å². The molecule has 1 aromatic rings. The number of carboxylic acids is 1. The maximum Gasteiger partial charge on any atom is 0.303 e. The van der Waals surface area contributed by atoms with Crippen LogP contribution in [0.3, 0.4) is 0 Å². The zero-order valence-electron chi connectivity index (χ0n) is 14.2. The lowest BCUT2D eigenvalue weighted by atomic mass is 9.86. The van der Waals surface area contributed by atoms with E-state index in [2.05, 4.69) is 10.6 Å². The maximum atomic E-state index is 12.2. The molecule has 0 radical (unpaired) electrons. The highest BCUT2D eigenvalue weighted by atomic mass is 16.4. The van der Waals surface area contributed by atoms with Crippen LogP contribution in [0.1, 0.15) is 48.9 Å². The predicted molar refractivity (Wildman–Crippen MR) is 94.2 cm³/mol. The van der Waals surface area contributed by atoms with Gasteiger partial charge in [0, 0.05) is 36.2 Å². The smallest absolute Gasteiger partial charge is 0.303 e. The molecular formula is C18H25N3O4. The Labute approximate surface area is 147 Å². The van der Waals surface area contributed by atoms with Crippen molar-refractivity contribution in [1.29, 1.82) is 0 Å². The number of benzene rings is 1. The lowest BCUT2D eigenvalue weighted by Crippen LogP contribution is -2.32. The fourth-order valence-corrected chi connectivity index (χ4v) is 2.87. The molecule has 0 heterocycles. The Morgan fingerprint density at radius 2 is 1.72 bits per heavy atom. The number of anilines is 1. The van der Waals surface area contributed by atoms with E-state index in [1.807, 2.05) is 0 Å². The molecule has 25 heavy (non-hydrogen) atoms. The van der Waals surface area contributed by atoms with Crippen LogP contribution in [-0.4, -0.2) is 35.5 Å². The van der Waals surface area contributed by atoms with Crippen molar-refractivity contribution in [2.24, 2.45) is 11.7 Å². The van der Waals surface area contributed by atoms with Gasteiger partial charge in [0.25, 0.3) is 5.91 Å². The molecule has 0 atom stereocenters. The summed E-state index contributed by atoms with van der Waals surface area (Å²) in [7, 11) is 0. The number of carbonyl (C=O) groups is 3. The van der Waals surface area contributed by atoms with Gasteiger partial charge in [0.1, 0.15) is 0 Å². The molecule has 0 unspecified atom stereocenters. The second kappa shape index (κ2) is 9.17. The molecule has 7 heteroatoms. The van der Waals surface area contributed by atoms with E-state index in [0.717, 1.165) is 25.7 Å². The van der Waals surface area contributed by atoms with Crippen molar-refractivity contribution in [2.75, 3.05) is 11.9 Å². The zero-order chi connectivity index (χ0) is 18.2. The summed E-state index contributed by atoms with van der Waals surface area (Å²) in [6, 6.07) is 6.87. The first-order valence-corrected chi connectivity index (χ1v) is 8.62. The van der Waals surface area contributed by atoms with E-state index in [-0.39, 0.29) is 30.2 Å². The topological polar surface area (TPSA) is 122 Å². The minimum Gasteiger partial charge on any atom is -0.481 e. The number of nitrogens with two attached hydrogens (primary N) is 1. The first kappa shape index (κ1) is 18.9. The predicted octanol–water partition coefficient (Wildman–Crippen LogP) is 1.74. The van der Waals surface area contributed by atoms with Crippen LogP contribution < -0.4 is 16.4 Å². The van der Waals surface area contributed by atoms with E-state index in [4.69, 9.17) is 10.8 Å². The third kappa shape index (κ3) is 6.19. The molecule has 0 saturated heterocycles. The van der Waals surface area contributed by atoms with Crippen molar-refractivity contribution >= 4 is 23.5 Å². The highest BCUT2D eigenvalue weighted by molar-refractivity contribution is 5.96. The number of aliphatic carboxylic acids is 1. The average molecular weight is 347 g/mol. The van der Waals surface area contributed by atoms with E-state index >= 15 is 0 Å². The molecule has 0 aliphatic heterocycles. The summed E-state index contributed by atoms with van der Waals surface area (Å²) in [4.78, 5) is 34.6. The molecule has 1 fully saturated rings.